The number of nitrogens with zero attached hydrogens (tertiary/aromatic N) is 3. The van der Waals surface area contributed by atoms with Crippen LogP contribution in [0.5, 0.6) is 5.75 Å². The molecular formula is C22H32IN5O3S. The molecule has 0 spiro atoms. The fourth-order valence-electron chi connectivity index (χ4n) is 3.46. The van der Waals surface area contributed by atoms with Crippen molar-refractivity contribution in [3.8, 4) is 5.75 Å². The smallest absolute Gasteiger partial charge is 0.240 e. The molecule has 1 aliphatic heterocycles. The number of piperazine rings is 1. The Morgan fingerprint density at radius 1 is 1.06 bits per heavy atom. The number of halogens is 1. The molecule has 10 heteroatoms. The molecule has 0 aromatic heterocycles. The van der Waals surface area contributed by atoms with Crippen LogP contribution in [-0.4, -0.2) is 70.2 Å². The normalized spacial score (nSPS) is 14.8. The first-order valence-electron chi connectivity index (χ1n) is 10.5. The lowest BCUT2D eigenvalue weighted by molar-refractivity contribution is 0.370. The molecule has 0 unspecified atom stereocenters. The lowest BCUT2D eigenvalue weighted by Crippen LogP contribution is -2.52. The standard InChI is InChI=1S/C22H31N5O3S.HI/c1-3-23-22(24-12-13-25-31(29,30)19-10-8-18(2)9-11-19)27-16-14-26(15-17-27)20-6-4-5-7-21(20)28;/h4-11,25,28H,3,12-17H2,1-2H3,(H,23,24);1H. The Bertz CT molecular complexity index is 991. The number of aliphatic imine (C=N–C) groups is 1. The summed E-state index contributed by atoms with van der Waals surface area (Å²) in [4.78, 5) is 9.18. The van der Waals surface area contributed by atoms with Crippen LogP contribution in [0.4, 0.5) is 5.69 Å². The van der Waals surface area contributed by atoms with Crippen molar-refractivity contribution in [2.75, 3.05) is 50.7 Å². The summed E-state index contributed by atoms with van der Waals surface area (Å²) in [5.41, 5.74) is 1.86. The van der Waals surface area contributed by atoms with Crippen LogP contribution < -0.4 is 14.9 Å². The van der Waals surface area contributed by atoms with E-state index in [-0.39, 0.29) is 41.2 Å². The number of para-hydroxylation sites is 2. The van der Waals surface area contributed by atoms with Gasteiger partial charge in [0.25, 0.3) is 0 Å². The maximum absolute atomic E-state index is 12.4. The minimum Gasteiger partial charge on any atom is -0.506 e. The van der Waals surface area contributed by atoms with Gasteiger partial charge in [0.15, 0.2) is 5.96 Å². The van der Waals surface area contributed by atoms with Crippen molar-refractivity contribution in [1.29, 1.82) is 0 Å². The molecule has 0 aliphatic carbocycles. The first-order chi connectivity index (χ1) is 14.9. The Hall–Kier alpha value is -2.05. The summed E-state index contributed by atoms with van der Waals surface area (Å²) in [6, 6.07) is 14.1. The summed E-state index contributed by atoms with van der Waals surface area (Å²) in [5.74, 6) is 1.06. The van der Waals surface area contributed by atoms with E-state index in [1.54, 1.807) is 30.3 Å². The molecule has 1 saturated heterocycles. The highest BCUT2D eigenvalue weighted by molar-refractivity contribution is 14.0. The van der Waals surface area contributed by atoms with E-state index in [0.717, 1.165) is 49.9 Å². The Kier molecular flexibility index (Phi) is 10.0. The molecule has 0 bridgehead atoms. The van der Waals surface area contributed by atoms with Gasteiger partial charge in [-0.3, -0.25) is 4.99 Å². The number of benzene rings is 2. The van der Waals surface area contributed by atoms with Crippen LogP contribution in [0.1, 0.15) is 12.5 Å². The van der Waals surface area contributed by atoms with Gasteiger partial charge in [0, 0.05) is 39.3 Å². The van der Waals surface area contributed by atoms with Gasteiger partial charge in [-0.1, -0.05) is 29.8 Å². The van der Waals surface area contributed by atoms with Gasteiger partial charge in [-0.05, 0) is 38.1 Å². The number of guanidine groups is 1. The van der Waals surface area contributed by atoms with Crippen LogP contribution in [0.25, 0.3) is 0 Å². The second-order valence-corrected chi connectivity index (χ2v) is 9.18. The molecule has 1 heterocycles. The molecule has 176 valence electrons. The summed E-state index contributed by atoms with van der Waals surface area (Å²) in [6.07, 6.45) is 0. The highest BCUT2D eigenvalue weighted by atomic mass is 127. The highest BCUT2D eigenvalue weighted by Crippen LogP contribution is 2.27. The maximum Gasteiger partial charge on any atom is 0.240 e. The Morgan fingerprint density at radius 2 is 1.72 bits per heavy atom. The van der Waals surface area contributed by atoms with Gasteiger partial charge in [-0.25, -0.2) is 13.1 Å². The molecule has 2 aromatic rings. The summed E-state index contributed by atoms with van der Waals surface area (Å²) < 4.78 is 27.4. The molecule has 0 amide bonds. The van der Waals surface area contributed by atoms with Crippen molar-refractivity contribution >= 4 is 45.6 Å². The molecule has 8 nitrogen and oxygen atoms in total. The van der Waals surface area contributed by atoms with Gasteiger partial charge in [-0.15, -0.1) is 24.0 Å². The molecule has 32 heavy (non-hydrogen) atoms. The van der Waals surface area contributed by atoms with Gasteiger partial charge < -0.3 is 20.2 Å². The number of phenolic OH excluding ortho intramolecular Hbond substituents is 1. The Labute approximate surface area is 207 Å². The zero-order chi connectivity index (χ0) is 22.3. The van der Waals surface area contributed by atoms with Gasteiger partial charge in [0.05, 0.1) is 17.1 Å². The van der Waals surface area contributed by atoms with E-state index >= 15 is 0 Å². The average molecular weight is 574 g/mol. The number of aryl methyl sites for hydroxylation is 1. The van der Waals surface area contributed by atoms with Crippen LogP contribution in [0, 0.1) is 6.92 Å². The number of nitrogens with one attached hydrogen (secondary N) is 2. The van der Waals surface area contributed by atoms with Gasteiger partial charge in [-0.2, -0.15) is 0 Å². The van der Waals surface area contributed by atoms with Crippen LogP contribution in [0.15, 0.2) is 58.4 Å². The molecule has 0 atom stereocenters. The summed E-state index contributed by atoms with van der Waals surface area (Å²) in [7, 11) is -3.54. The fraction of sp³-hybridized carbons (Fsp3) is 0.409. The van der Waals surface area contributed by atoms with E-state index in [9.17, 15) is 13.5 Å². The minimum absolute atomic E-state index is 0. The minimum atomic E-state index is -3.54. The van der Waals surface area contributed by atoms with E-state index in [0.29, 0.717) is 6.54 Å². The van der Waals surface area contributed by atoms with Crippen LogP contribution in [0.3, 0.4) is 0 Å². The van der Waals surface area contributed by atoms with Crippen molar-refractivity contribution in [3.63, 3.8) is 0 Å². The number of hydrogen-bond donors (Lipinski definition) is 3. The molecule has 3 rings (SSSR count). The van der Waals surface area contributed by atoms with Crippen molar-refractivity contribution in [2.24, 2.45) is 4.99 Å². The molecule has 1 aliphatic rings. The molecule has 0 saturated carbocycles. The van der Waals surface area contributed by atoms with Crippen LogP contribution >= 0.6 is 24.0 Å². The van der Waals surface area contributed by atoms with Crippen molar-refractivity contribution in [1.82, 2.24) is 14.9 Å². The first kappa shape index (κ1) is 26.2. The highest BCUT2D eigenvalue weighted by Gasteiger charge is 2.21. The number of anilines is 1. The largest absolute Gasteiger partial charge is 0.506 e. The van der Waals surface area contributed by atoms with E-state index in [1.807, 2.05) is 32.0 Å². The average Bonchev–Trinajstić information content (AvgIpc) is 2.77. The predicted molar refractivity (Wildman–Crippen MR) is 140 cm³/mol. The third-order valence-electron chi connectivity index (χ3n) is 5.13. The van der Waals surface area contributed by atoms with E-state index in [1.165, 1.54) is 0 Å². The van der Waals surface area contributed by atoms with Gasteiger partial charge >= 0.3 is 0 Å². The predicted octanol–water partition coefficient (Wildman–Crippen LogP) is 2.38. The number of aromatic hydroxyl groups is 1. The monoisotopic (exact) mass is 573 g/mol. The zero-order valence-electron chi connectivity index (χ0n) is 18.5. The Balaban J connectivity index is 0.00000363. The second-order valence-electron chi connectivity index (χ2n) is 7.41. The van der Waals surface area contributed by atoms with Crippen LogP contribution in [-0.2, 0) is 10.0 Å². The van der Waals surface area contributed by atoms with E-state index in [4.69, 9.17) is 0 Å². The second kappa shape index (κ2) is 12.3. The third kappa shape index (κ3) is 6.97. The zero-order valence-corrected chi connectivity index (χ0v) is 21.6. The fourth-order valence-corrected chi connectivity index (χ4v) is 4.48. The van der Waals surface area contributed by atoms with Crippen molar-refractivity contribution in [2.45, 2.75) is 18.7 Å². The van der Waals surface area contributed by atoms with Gasteiger partial charge in [0.2, 0.25) is 10.0 Å². The van der Waals surface area contributed by atoms with Gasteiger partial charge in [0.1, 0.15) is 5.75 Å². The SMILES string of the molecule is CCNC(=NCCNS(=O)(=O)c1ccc(C)cc1)N1CCN(c2ccccc2O)CC1.I. The quantitative estimate of drug-likeness (QED) is 0.204. The lowest BCUT2D eigenvalue weighted by Gasteiger charge is -2.37. The topological polar surface area (TPSA) is 97.3 Å². The Morgan fingerprint density at radius 3 is 2.34 bits per heavy atom. The summed E-state index contributed by atoms with van der Waals surface area (Å²) in [6.45, 7) is 8.27. The first-order valence-corrected chi connectivity index (χ1v) is 12.0. The molecule has 2 aromatic carbocycles. The molecule has 1 fully saturated rings. The molecule has 0 radical (unpaired) electrons. The van der Waals surface area contributed by atoms with E-state index < -0.39 is 10.0 Å². The molecular weight excluding hydrogens is 541 g/mol. The maximum atomic E-state index is 12.4. The van der Waals surface area contributed by atoms with E-state index in [2.05, 4.69) is 24.8 Å². The van der Waals surface area contributed by atoms with Crippen molar-refractivity contribution in [3.05, 3.63) is 54.1 Å². The molecule has 3 N–H and O–H groups in total. The summed E-state index contributed by atoms with van der Waals surface area (Å²) >= 11 is 0. The summed E-state index contributed by atoms with van der Waals surface area (Å²) in [5, 5.41) is 13.4. The third-order valence-corrected chi connectivity index (χ3v) is 6.61. The van der Waals surface area contributed by atoms with Crippen LogP contribution in [0.2, 0.25) is 0 Å². The number of hydrogen-bond acceptors (Lipinski definition) is 5. The number of sulfonamides is 1. The number of phenols is 1. The lowest BCUT2D eigenvalue weighted by atomic mass is 10.2. The van der Waals surface area contributed by atoms with Crippen molar-refractivity contribution < 1.29 is 13.5 Å². The number of rotatable bonds is 7.